The largest absolute Gasteiger partial charge is 0.495 e. The number of ether oxygens (including phenoxy) is 1. The van der Waals surface area contributed by atoms with Crippen molar-refractivity contribution in [2.24, 2.45) is 5.92 Å². The zero-order valence-corrected chi connectivity index (χ0v) is 15.2. The number of rotatable bonds is 6. The van der Waals surface area contributed by atoms with E-state index < -0.39 is 14.9 Å². The van der Waals surface area contributed by atoms with Gasteiger partial charge < -0.3 is 10.1 Å². The second-order valence-corrected chi connectivity index (χ2v) is 7.40. The molecule has 0 bridgehead atoms. The molecule has 2 rings (SSSR count). The summed E-state index contributed by atoms with van der Waals surface area (Å²) < 4.78 is 32.1. The van der Waals surface area contributed by atoms with E-state index in [4.69, 9.17) is 4.74 Å². The molecule has 0 radical (unpaired) electrons. The van der Waals surface area contributed by atoms with Crippen LogP contribution in [0.5, 0.6) is 5.75 Å². The molecule has 24 heavy (non-hydrogen) atoms. The van der Waals surface area contributed by atoms with E-state index in [0.29, 0.717) is 19.0 Å². The van der Waals surface area contributed by atoms with Crippen molar-refractivity contribution in [3.8, 4) is 5.75 Å². The molecule has 1 saturated heterocycles. The molecule has 0 aliphatic carbocycles. The van der Waals surface area contributed by atoms with Gasteiger partial charge in [0.05, 0.1) is 12.0 Å². The van der Waals surface area contributed by atoms with Crippen LogP contribution in [0.1, 0.15) is 12.8 Å². The molecular formula is C14H22ClN3O5S. The Balaban J connectivity index is 0.00000288. The van der Waals surface area contributed by atoms with Crippen molar-refractivity contribution < 1.29 is 18.1 Å². The molecule has 8 nitrogen and oxygen atoms in total. The normalized spacial score (nSPS) is 16.4. The zero-order valence-electron chi connectivity index (χ0n) is 13.6. The van der Waals surface area contributed by atoms with Crippen molar-refractivity contribution in [2.75, 3.05) is 33.8 Å². The highest BCUT2D eigenvalue weighted by Gasteiger charge is 2.32. The first kappa shape index (κ1) is 20.6. The standard InChI is InChI=1S/C14H21N3O5S.ClH/c1-15-10-11-5-7-16(8-6-11)23(20,21)14-9-12(17(18)19)3-4-13(14)22-2;/h3-4,9,11,15H,5-8,10H2,1-2H3;1H. The lowest BCUT2D eigenvalue weighted by atomic mass is 9.98. The van der Waals surface area contributed by atoms with Gasteiger partial charge in [-0.2, -0.15) is 4.31 Å². The van der Waals surface area contributed by atoms with E-state index >= 15 is 0 Å². The number of nitro benzene ring substituents is 1. The van der Waals surface area contributed by atoms with Gasteiger partial charge in [-0.05, 0) is 38.4 Å². The monoisotopic (exact) mass is 379 g/mol. The number of piperidine rings is 1. The molecule has 0 unspecified atom stereocenters. The number of hydrogen-bond acceptors (Lipinski definition) is 6. The van der Waals surface area contributed by atoms with Crippen LogP contribution in [0.2, 0.25) is 0 Å². The first-order valence-electron chi connectivity index (χ1n) is 7.37. The molecule has 1 heterocycles. The van der Waals surface area contributed by atoms with Crippen molar-refractivity contribution in [1.29, 1.82) is 0 Å². The lowest BCUT2D eigenvalue weighted by Crippen LogP contribution is -2.40. The van der Waals surface area contributed by atoms with Gasteiger partial charge in [-0.15, -0.1) is 12.4 Å². The highest BCUT2D eigenvalue weighted by molar-refractivity contribution is 7.89. The van der Waals surface area contributed by atoms with Crippen LogP contribution in [0.4, 0.5) is 5.69 Å². The lowest BCUT2D eigenvalue weighted by molar-refractivity contribution is -0.385. The first-order chi connectivity index (χ1) is 10.9. The van der Waals surface area contributed by atoms with Gasteiger partial charge in [0.1, 0.15) is 10.6 Å². The number of methoxy groups -OCH3 is 1. The van der Waals surface area contributed by atoms with E-state index in [-0.39, 0.29) is 28.7 Å². The van der Waals surface area contributed by atoms with Crippen LogP contribution < -0.4 is 10.1 Å². The van der Waals surface area contributed by atoms with Gasteiger partial charge in [0.15, 0.2) is 0 Å². The average molecular weight is 380 g/mol. The zero-order chi connectivity index (χ0) is 17.0. The molecule has 1 N–H and O–H groups in total. The average Bonchev–Trinajstić information content (AvgIpc) is 2.55. The van der Waals surface area contributed by atoms with E-state index in [1.165, 1.54) is 23.5 Å². The fourth-order valence-corrected chi connectivity index (χ4v) is 4.41. The van der Waals surface area contributed by atoms with Crippen LogP contribution in [0.25, 0.3) is 0 Å². The maximum absolute atomic E-state index is 12.8. The first-order valence-corrected chi connectivity index (χ1v) is 8.81. The number of sulfonamides is 1. The third-order valence-electron chi connectivity index (χ3n) is 4.04. The second-order valence-electron chi connectivity index (χ2n) is 5.50. The Bertz CT molecular complexity index is 675. The topological polar surface area (TPSA) is 102 Å². The molecular weight excluding hydrogens is 358 g/mol. The summed E-state index contributed by atoms with van der Waals surface area (Å²) in [6, 6.07) is 3.61. The van der Waals surface area contributed by atoms with Gasteiger partial charge in [0, 0.05) is 25.2 Å². The van der Waals surface area contributed by atoms with Crippen LogP contribution in [-0.4, -0.2) is 51.4 Å². The molecule has 1 aliphatic rings. The quantitative estimate of drug-likeness (QED) is 0.595. The van der Waals surface area contributed by atoms with Crippen LogP contribution in [0, 0.1) is 16.0 Å². The summed E-state index contributed by atoms with van der Waals surface area (Å²) in [5.41, 5.74) is -0.269. The number of benzene rings is 1. The summed E-state index contributed by atoms with van der Waals surface area (Å²) in [7, 11) is -0.597. The Morgan fingerprint density at radius 2 is 2.00 bits per heavy atom. The Morgan fingerprint density at radius 3 is 2.50 bits per heavy atom. The molecule has 0 aromatic heterocycles. The number of nitrogens with one attached hydrogen (secondary N) is 1. The molecule has 1 aliphatic heterocycles. The summed E-state index contributed by atoms with van der Waals surface area (Å²) in [5.74, 6) is 0.561. The number of non-ortho nitro benzene ring substituents is 1. The van der Waals surface area contributed by atoms with E-state index in [1.807, 2.05) is 7.05 Å². The summed E-state index contributed by atoms with van der Waals surface area (Å²) in [6.45, 7) is 1.66. The van der Waals surface area contributed by atoms with Crippen LogP contribution >= 0.6 is 12.4 Å². The highest BCUT2D eigenvalue weighted by atomic mass is 35.5. The summed E-state index contributed by atoms with van der Waals surface area (Å²) in [5, 5.41) is 14.0. The highest BCUT2D eigenvalue weighted by Crippen LogP contribution is 2.32. The van der Waals surface area contributed by atoms with Crippen molar-refractivity contribution in [2.45, 2.75) is 17.7 Å². The summed E-state index contributed by atoms with van der Waals surface area (Å²) in [4.78, 5) is 10.2. The fourth-order valence-electron chi connectivity index (χ4n) is 2.76. The molecule has 1 aromatic rings. The van der Waals surface area contributed by atoms with Crippen LogP contribution in [0.3, 0.4) is 0 Å². The van der Waals surface area contributed by atoms with E-state index in [2.05, 4.69) is 5.32 Å². The molecule has 0 amide bonds. The molecule has 0 spiro atoms. The summed E-state index contributed by atoms with van der Waals surface area (Å²) in [6.07, 6.45) is 1.52. The maximum atomic E-state index is 12.8. The second kappa shape index (κ2) is 8.61. The molecule has 10 heteroatoms. The lowest BCUT2D eigenvalue weighted by Gasteiger charge is -2.31. The minimum absolute atomic E-state index is 0. The number of hydrogen-bond donors (Lipinski definition) is 1. The van der Waals surface area contributed by atoms with Crippen molar-refractivity contribution >= 4 is 28.1 Å². The van der Waals surface area contributed by atoms with Gasteiger partial charge in [-0.3, -0.25) is 10.1 Å². The Labute approximate surface area is 147 Å². The van der Waals surface area contributed by atoms with Crippen molar-refractivity contribution in [3.63, 3.8) is 0 Å². The van der Waals surface area contributed by atoms with Gasteiger partial charge in [0.25, 0.3) is 5.69 Å². The Hall–Kier alpha value is -1.42. The van der Waals surface area contributed by atoms with Crippen LogP contribution in [-0.2, 0) is 10.0 Å². The predicted octanol–water partition coefficient (Wildman–Crippen LogP) is 1.65. The van der Waals surface area contributed by atoms with Crippen molar-refractivity contribution in [3.05, 3.63) is 28.3 Å². The number of halogens is 1. The van der Waals surface area contributed by atoms with E-state index in [1.54, 1.807) is 0 Å². The SMILES string of the molecule is CNCC1CCN(S(=O)(=O)c2cc([N+](=O)[O-])ccc2OC)CC1.Cl. The van der Waals surface area contributed by atoms with Crippen LogP contribution in [0.15, 0.2) is 23.1 Å². The number of nitrogens with zero attached hydrogens (tertiary/aromatic N) is 2. The molecule has 0 atom stereocenters. The Kier molecular flexibility index (Phi) is 7.40. The number of nitro groups is 1. The maximum Gasteiger partial charge on any atom is 0.271 e. The minimum atomic E-state index is -3.82. The third kappa shape index (κ3) is 4.35. The molecule has 1 fully saturated rings. The molecule has 136 valence electrons. The Morgan fingerprint density at radius 1 is 1.38 bits per heavy atom. The minimum Gasteiger partial charge on any atom is -0.495 e. The van der Waals surface area contributed by atoms with E-state index in [9.17, 15) is 18.5 Å². The molecule has 0 saturated carbocycles. The van der Waals surface area contributed by atoms with Crippen molar-refractivity contribution in [1.82, 2.24) is 9.62 Å². The van der Waals surface area contributed by atoms with Gasteiger partial charge in [-0.25, -0.2) is 8.42 Å². The molecule has 1 aromatic carbocycles. The predicted molar refractivity (Wildman–Crippen MR) is 92.3 cm³/mol. The van der Waals surface area contributed by atoms with Gasteiger partial charge in [0.2, 0.25) is 10.0 Å². The van der Waals surface area contributed by atoms with Gasteiger partial charge >= 0.3 is 0 Å². The summed E-state index contributed by atoms with van der Waals surface area (Å²) >= 11 is 0. The van der Waals surface area contributed by atoms with Gasteiger partial charge in [-0.1, -0.05) is 0 Å². The van der Waals surface area contributed by atoms with E-state index in [0.717, 1.165) is 25.5 Å². The fraction of sp³-hybridized carbons (Fsp3) is 0.571. The third-order valence-corrected chi connectivity index (χ3v) is 5.96. The smallest absolute Gasteiger partial charge is 0.271 e.